The Balaban J connectivity index is 1.80. The Morgan fingerprint density at radius 2 is 2.05 bits per heavy atom. The molecule has 1 aromatic heterocycles. The monoisotopic (exact) mass is 282 g/mol. The summed E-state index contributed by atoms with van der Waals surface area (Å²) >= 11 is 0. The van der Waals surface area contributed by atoms with Gasteiger partial charge < -0.3 is 9.72 Å². The Labute approximate surface area is 123 Å². The number of benzene rings is 1. The van der Waals surface area contributed by atoms with Crippen molar-refractivity contribution in [1.29, 1.82) is 0 Å². The number of aromatic nitrogens is 2. The van der Waals surface area contributed by atoms with Gasteiger partial charge in [-0.3, -0.25) is 4.79 Å². The summed E-state index contributed by atoms with van der Waals surface area (Å²) in [5.41, 5.74) is 2.42. The molecule has 0 spiro atoms. The second kappa shape index (κ2) is 4.81. The van der Waals surface area contributed by atoms with Gasteiger partial charge in [0.1, 0.15) is 5.82 Å². The van der Waals surface area contributed by atoms with Crippen molar-refractivity contribution >= 4 is 0 Å². The first-order valence-electron chi connectivity index (χ1n) is 7.54. The minimum absolute atomic E-state index is 0.0402. The Morgan fingerprint density at radius 1 is 1.24 bits per heavy atom. The first-order chi connectivity index (χ1) is 10.2. The van der Waals surface area contributed by atoms with E-state index in [-0.39, 0.29) is 17.6 Å². The van der Waals surface area contributed by atoms with E-state index < -0.39 is 0 Å². The van der Waals surface area contributed by atoms with E-state index in [1.807, 2.05) is 37.3 Å². The summed E-state index contributed by atoms with van der Waals surface area (Å²) in [5.74, 6) is 1.02. The number of nitrogens with one attached hydrogen (secondary N) is 1. The Morgan fingerprint density at radius 3 is 2.71 bits per heavy atom. The summed E-state index contributed by atoms with van der Waals surface area (Å²) in [4.78, 5) is 20.0. The molecule has 1 N–H and O–H groups in total. The minimum Gasteiger partial charge on any atom is -0.374 e. The molecule has 2 saturated heterocycles. The molecule has 0 amide bonds. The summed E-state index contributed by atoms with van der Waals surface area (Å²) in [5, 5.41) is 0. The lowest BCUT2D eigenvalue weighted by atomic mass is 9.88. The summed E-state index contributed by atoms with van der Waals surface area (Å²) in [7, 11) is 0. The molecule has 2 aliphatic rings. The van der Waals surface area contributed by atoms with Crippen molar-refractivity contribution in [3.63, 3.8) is 0 Å². The highest BCUT2D eigenvalue weighted by Crippen LogP contribution is 2.43. The van der Waals surface area contributed by atoms with E-state index in [1.54, 1.807) is 0 Å². The number of hydrogen-bond donors (Lipinski definition) is 1. The van der Waals surface area contributed by atoms with Crippen LogP contribution in [-0.4, -0.2) is 22.2 Å². The first kappa shape index (κ1) is 12.8. The van der Waals surface area contributed by atoms with E-state index >= 15 is 0 Å². The van der Waals surface area contributed by atoms with Crippen LogP contribution in [0.3, 0.4) is 0 Å². The van der Waals surface area contributed by atoms with E-state index in [0.717, 1.165) is 36.3 Å². The lowest BCUT2D eigenvalue weighted by molar-refractivity contribution is 0.0998. The van der Waals surface area contributed by atoms with Gasteiger partial charge in [0.05, 0.1) is 17.9 Å². The molecule has 3 unspecified atom stereocenters. The van der Waals surface area contributed by atoms with Gasteiger partial charge in [0.15, 0.2) is 0 Å². The third kappa shape index (κ3) is 2.10. The van der Waals surface area contributed by atoms with Crippen molar-refractivity contribution in [3.05, 3.63) is 52.1 Å². The molecule has 3 heterocycles. The molecule has 4 nitrogen and oxygen atoms in total. The summed E-state index contributed by atoms with van der Waals surface area (Å²) in [6.07, 6.45) is 3.78. The highest BCUT2D eigenvalue weighted by molar-refractivity contribution is 5.62. The highest BCUT2D eigenvalue weighted by Gasteiger charge is 2.42. The van der Waals surface area contributed by atoms with E-state index in [9.17, 15) is 4.79 Å². The zero-order valence-corrected chi connectivity index (χ0v) is 12.0. The van der Waals surface area contributed by atoms with Gasteiger partial charge in [-0.2, -0.15) is 0 Å². The van der Waals surface area contributed by atoms with E-state index in [1.165, 1.54) is 0 Å². The van der Waals surface area contributed by atoms with Gasteiger partial charge in [0.25, 0.3) is 5.56 Å². The fraction of sp³-hybridized carbons (Fsp3) is 0.412. The van der Waals surface area contributed by atoms with Crippen LogP contribution in [0.15, 0.2) is 35.1 Å². The molecule has 3 atom stereocenters. The number of nitrogens with zero attached hydrogens (tertiary/aromatic N) is 1. The second-order valence-electron chi connectivity index (χ2n) is 6.01. The first-order valence-corrected chi connectivity index (χ1v) is 7.54. The molecule has 2 bridgehead atoms. The van der Waals surface area contributed by atoms with Crippen LogP contribution in [-0.2, 0) is 4.74 Å². The molecule has 1 aromatic carbocycles. The van der Waals surface area contributed by atoms with Crippen LogP contribution >= 0.6 is 0 Å². The molecular formula is C17H18N2O2. The van der Waals surface area contributed by atoms with Gasteiger partial charge in [0.2, 0.25) is 0 Å². The smallest absolute Gasteiger partial charge is 0.254 e. The van der Waals surface area contributed by atoms with Crippen LogP contribution in [0.25, 0.3) is 11.3 Å². The maximum absolute atomic E-state index is 12.3. The average Bonchev–Trinajstić information content (AvgIpc) is 3.13. The molecule has 0 saturated carbocycles. The van der Waals surface area contributed by atoms with E-state index in [0.29, 0.717) is 11.7 Å². The quantitative estimate of drug-likeness (QED) is 0.921. The number of ether oxygens (including phenoxy) is 1. The SMILES string of the molecule is Cc1c(-c2ccccc2)nc(C2CC3CCC2O3)[nH]c1=O. The third-order valence-corrected chi connectivity index (χ3v) is 4.67. The van der Waals surface area contributed by atoms with Crippen LogP contribution in [0, 0.1) is 6.92 Å². The number of rotatable bonds is 2. The van der Waals surface area contributed by atoms with E-state index in [2.05, 4.69) is 4.98 Å². The van der Waals surface area contributed by atoms with Crippen LogP contribution in [0.2, 0.25) is 0 Å². The van der Waals surface area contributed by atoms with Gasteiger partial charge in [-0.05, 0) is 26.2 Å². The Kier molecular flexibility index (Phi) is 2.93. The Hall–Kier alpha value is -1.94. The maximum Gasteiger partial charge on any atom is 0.254 e. The number of hydrogen-bond acceptors (Lipinski definition) is 3. The van der Waals surface area contributed by atoms with Crippen molar-refractivity contribution in [3.8, 4) is 11.3 Å². The molecule has 0 aliphatic carbocycles. The number of aromatic amines is 1. The number of fused-ring (bicyclic) bond motifs is 2. The van der Waals surface area contributed by atoms with Gasteiger partial charge >= 0.3 is 0 Å². The lowest BCUT2D eigenvalue weighted by Crippen LogP contribution is -2.23. The molecule has 2 aliphatic heterocycles. The van der Waals surface area contributed by atoms with Crippen molar-refractivity contribution in [2.45, 2.75) is 44.3 Å². The summed E-state index contributed by atoms with van der Waals surface area (Å²) in [6.45, 7) is 1.83. The standard InChI is InChI=1S/C17H18N2O2/c1-10-15(11-5-3-2-4-6-11)18-16(19-17(10)20)13-9-12-7-8-14(13)21-12/h2-6,12-14H,7-9H2,1H3,(H,18,19,20). The molecule has 4 heteroatoms. The average molecular weight is 282 g/mol. The molecule has 108 valence electrons. The molecule has 21 heavy (non-hydrogen) atoms. The van der Waals surface area contributed by atoms with E-state index in [4.69, 9.17) is 9.72 Å². The molecule has 2 fully saturated rings. The minimum atomic E-state index is -0.0402. The normalized spacial score (nSPS) is 27.2. The van der Waals surface area contributed by atoms with Crippen molar-refractivity contribution in [1.82, 2.24) is 9.97 Å². The fourth-order valence-corrected chi connectivity index (χ4v) is 3.53. The predicted molar refractivity (Wildman–Crippen MR) is 80.3 cm³/mol. The summed E-state index contributed by atoms with van der Waals surface area (Å²) in [6, 6.07) is 9.90. The number of H-pyrrole nitrogens is 1. The second-order valence-corrected chi connectivity index (χ2v) is 6.01. The predicted octanol–water partition coefficient (Wildman–Crippen LogP) is 2.78. The summed E-state index contributed by atoms with van der Waals surface area (Å²) < 4.78 is 5.89. The van der Waals surface area contributed by atoms with Crippen LogP contribution in [0.5, 0.6) is 0 Å². The largest absolute Gasteiger partial charge is 0.374 e. The zero-order valence-electron chi connectivity index (χ0n) is 12.0. The third-order valence-electron chi connectivity index (χ3n) is 4.67. The van der Waals surface area contributed by atoms with Crippen LogP contribution in [0.1, 0.15) is 36.6 Å². The van der Waals surface area contributed by atoms with Crippen molar-refractivity contribution in [2.75, 3.05) is 0 Å². The van der Waals surface area contributed by atoms with Gasteiger partial charge in [-0.1, -0.05) is 30.3 Å². The Bertz CT molecular complexity index is 723. The highest BCUT2D eigenvalue weighted by atomic mass is 16.5. The molecular weight excluding hydrogens is 264 g/mol. The fourth-order valence-electron chi connectivity index (χ4n) is 3.53. The molecule has 2 aromatic rings. The van der Waals surface area contributed by atoms with Crippen LogP contribution in [0.4, 0.5) is 0 Å². The molecule has 4 rings (SSSR count). The van der Waals surface area contributed by atoms with Gasteiger partial charge in [-0.25, -0.2) is 4.98 Å². The van der Waals surface area contributed by atoms with Gasteiger partial charge in [0, 0.05) is 17.0 Å². The topological polar surface area (TPSA) is 55.0 Å². The zero-order chi connectivity index (χ0) is 14.4. The van der Waals surface area contributed by atoms with Crippen molar-refractivity contribution < 1.29 is 4.74 Å². The van der Waals surface area contributed by atoms with Crippen LogP contribution < -0.4 is 5.56 Å². The lowest BCUT2D eigenvalue weighted by Gasteiger charge is -2.18. The van der Waals surface area contributed by atoms with Gasteiger partial charge in [-0.15, -0.1) is 0 Å². The van der Waals surface area contributed by atoms with Crippen molar-refractivity contribution in [2.24, 2.45) is 0 Å². The maximum atomic E-state index is 12.3. The molecule has 0 radical (unpaired) electrons.